The van der Waals surface area contributed by atoms with Gasteiger partial charge in [0.05, 0.1) is 16.0 Å². The topological polar surface area (TPSA) is 93.0 Å². The first-order chi connectivity index (χ1) is 14.0. The van der Waals surface area contributed by atoms with Gasteiger partial charge < -0.3 is 10.6 Å². The highest BCUT2D eigenvalue weighted by Gasteiger charge is 2.14. The van der Waals surface area contributed by atoms with Crippen LogP contribution >= 0.6 is 31.9 Å². The molecule has 0 amide bonds. The first-order valence-corrected chi connectivity index (χ1v) is 10.1. The van der Waals surface area contributed by atoms with E-state index < -0.39 is 4.92 Å². The van der Waals surface area contributed by atoms with Crippen LogP contribution in [0.1, 0.15) is 0 Å². The molecule has 144 valence electrons. The molecule has 7 nitrogen and oxygen atoms in total. The van der Waals surface area contributed by atoms with Crippen molar-refractivity contribution in [3.63, 3.8) is 0 Å². The predicted octanol–water partition coefficient (Wildman–Crippen LogP) is 6.55. The minimum atomic E-state index is -0.448. The van der Waals surface area contributed by atoms with Gasteiger partial charge in [0.2, 0.25) is 0 Å². The number of fused-ring (bicyclic) bond motifs is 1. The third kappa shape index (κ3) is 4.52. The molecule has 0 saturated carbocycles. The van der Waals surface area contributed by atoms with Gasteiger partial charge in [0.1, 0.15) is 0 Å². The zero-order valence-corrected chi connectivity index (χ0v) is 17.9. The van der Waals surface area contributed by atoms with Crippen molar-refractivity contribution in [1.82, 2.24) is 9.97 Å². The molecule has 0 unspecified atom stereocenters. The highest BCUT2D eigenvalue weighted by atomic mass is 79.9. The minimum absolute atomic E-state index is 0.0343. The van der Waals surface area contributed by atoms with Crippen LogP contribution in [0.2, 0.25) is 0 Å². The molecule has 2 N–H and O–H groups in total. The van der Waals surface area contributed by atoms with E-state index in [9.17, 15) is 10.1 Å². The molecule has 1 heterocycles. The molecule has 0 aliphatic rings. The summed E-state index contributed by atoms with van der Waals surface area (Å²) < 4.78 is 1.83. The number of nitro benzene ring substituents is 1. The molecule has 1 aromatic heterocycles. The fraction of sp³-hybridized carbons (Fsp3) is 0. The lowest BCUT2D eigenvalue weighted by Crippen LogP contribution is -2.03. The second kappa shape index (κ2) is 8.14. The Morgan fingerprint density at radius 2 is 1.31 bits per heavy atom. The number of benzene rings is 3. The number of rotatable bonds is 5. The van der Waals surface area contributed by atoms with Gasteiger partial charge in [-0.15, -0.1) is 0 Å². The van der Waals surface area contributed by atoms with E-state index in [1.807, 2.05) is 48.5 Å². The summed E-state index contributed by atoms with van der Waals surface area (Å²) in [5, 5.41) is 17.6. The van der Waals surface area contributed by atoms with E-state index in [1.165, 1.54) is 12.1 Å². The largest absolute Gasteiger partial charge is 0.337 e. The Kier molecular flexibility index (Phi) is 5.41. The molecule has 0 radical (unpaired) electrons. The summed E-state index contributed by atoms with van der Waals surface area (Å²) in [6.45, 7) is 0. The van der Waals surface area contributed by atoms with Gasteiger partial charge in [-0.25, -0.2) is 9.97 Å². The lowest BCUT2D eigenvalue weighted by Gasteiger charge is -2.14. The second-order valence-electron chi connectivity index (χ2n) is 6.12. The number of nitrogens with zero attached hydrogens (tertiary/aromatic N) is 3. The molecule has 0 spiro atoms. The van der Waals surface area contributed by atoms with E-state index in [-0.39, 0.29) is 5.69 Å². The van der Waals surface area contributed by atoms with Crippen molar-refractivity contribution < 1.29 is 4.92 Å². The van der Waals surface area contributed by atoms with E-state index >= 15 is 0 Å². The number of hydrogen-bond donors (Lipinski definition) is 2. The Morgan fingerprint density at radius 1 is 0.759 bits per heavy atom. The molecule has 9 heteroatoms. The third-order valence-electron chi connectivity index (χ3n) is 4.03. The summed E-state index contributed by atoms with van der Waals surface area (Å²) in [5.74, 6) is 0.959. The summed E-state index contributed by atoms with van der Waals surface area (Å²) in [6.07, 6.45) is 0. The number of halogens is 2. The van der Waals surface area contributed by atoms with Crippen molar-refractivity contribution in [3.05, 3.63) is 85.8 Å². The van der Waals surface area contributed by atoms with E-state index in [2.05, 4.69) is 52.5 Å². The molecule has 4 rings (SSSR count). The van der Waals surface area contributed by atoms with Crippen molar-refractivity contribution in [2.75, 3.05) is 10.6 Å². The van der Waals surface area contributed by atoms with Gasteiger partial charge >= 0.3 is 0 Å². The number of aromatic nitrogens is 2. The highest BCUT2D eigenvalue weighted by molar-refractivity contribution is 9.10. The number of nitrogens with one attached hydrogen (secondary N) is 2. The molecule has 3 aromatic carbocycles. The van der Waals surface area contributed by atoms with Crippen LogP contribution < -0.4 is 10.6 Å². The molecule has 29 heavy (non-hydrogen) atoms. The van der Waals surface area contributed by atoms with Gasteiger partial charge in [-0.2, -0.15) is 0 Å². The van der Waals surface area contributed by atoms with Crippen LogP contribution in [-0.4, -0.2) is 14.9 Å². The number of anilines is 4. The average Bonchev–Trinajstić information content (AvgIpc) is 2.68. The summed E-state index contributed by atoms with van der Waals surface area (Å²) in [7, 11) is 0. The predicted molar refractivity (Wildman–Crippen MR) is 121 cm³/mol. The van der Waals surface area contributed by atoms with Gasteiger partial charge in [-0.3, -0.25) is 10.1 Å². The molecule has 0 aliphatic carbocycles. The molecule has 4 aromatic rings. The van der Waals surface area contributed by atoms with Crippen LogP contribution in [0.5, 0.6) is 0 Å². The minimum Gasteiger partial charge on any atom is -0.337 e. The van der Waals surface area contributed by atoms with E-state index in [1.54, 1.807) is 6.07 Å². The standard InChI is InChI=1S/C20H13Br2N5O2/c21-12-3-1-5-14(9-12)23-19-20(24-15-6-2-4-13(22)10-15)26-18-11-16(27(28)29)7-8-17(18)25-19/h1-11H,(H,23,25)(H,24,26). The maximum atomic E-state index is 11.1. The Bertz CT molecular complexity index is 1230. The summed E-state index contributed by atoms with van der Waals surface area (Å²) in [4.78, 5) is 19.9. The van der Waals surface area contributed by atoms with Gasteiger partial charge in [-0.1, -0.05) is 44.0 Å². The van der Waals surface area contributed by atoms with Crippen LogP contribution in [0.3, 0.4) is 0 Å². The lowest BCUT2D eigenvalue weighted by molar-refractivity contribution is -0.384. The fourth-order valence-corrected chi connectivity index (χ4v) is 3.53. The summed E-state index contributed by atoms with van der Waals surface area (Å²) >= 11 is 6.91. The Labute approximate surface area is 182 Å². The monoisotopic (exact) mass is 513 g/mol. The zero-order valence-electron chi connectivity index (χ0n) is 14.8. The van der Waals surface area contributed by atoms with Crippen molar-refractivity contribution in [2.45, 2.75) is 0 Å². The lowest BCUT2D eigenvalue weighted by atomic mass is 10.2. The Hall–Kier alpha value is -3.04. The van der Waals surface area contributed by atoms with Crippen LogP contribution in [0, 0.1) is 10.1 Å². The van der Waals surface area contributed by atoms with Crippen molar-refractivity contribution >= 4 is 71.6 Å². The first kappa shape index (κ1) is 19.3. The maximum absolute atomic E-state index is 11.1. The maximum Gasteiger partial charge on any atom is 0.271 e. The van der Waals surface area contributed by atoms with E-state index in [4.69, 9.17) is 0 Å². The molecule has 0 bridgehead atoms. The Morgan fingerprint density at radius 3 is 1.83 bits per heavy atom. The summed E-state index contributed by atoms with van der Waals surface area (Å²) in [5.41, 5.74) is 2.57. The van der Waals surface area contributed by atoms with Crippen molar-refractivity contribution in [2.24, 2.45) is 0 Å². The van der Waals surface area contributed by atoms with E-state index in [0.717, 1.165) is 20.3 Å². The van der Waals surface area contributed by atoms with Gasteiger partial charge in [0, 0.05) is 32.5 Å². The van der Waals surface area contributed by atoms with Crippen LogP contribution in [0.15, 0.2) is 75.7 Å². The van der Waals surface area contributed by atoms with E-state index in [0.29, 0.717) is 22.7 Å². The SMILES string of the molecule is O=[N+]([O-])c1ccc2nc(Nc3cccc(Br)c3)c(Nc3cccc(Br)c3)nc2c1. The fourth-order valence-electron chi connectivity index (χ4n) is 2.74. The number of hydrogen-bond acceptors (Lipinski definition) is 6. The van der Waals surface area contributed by atoms with Crippen LogP contribution in [0.4, 0.5) is 28.7 Å². The average molecular weight is 515 g/mol. The zero-order chi connectivity index (χ0) is 20.4. The smallest absolute Gasteiger partial charge is 0.271 e. The van der Waals surface area contributed by atoms with Crippen LogP contribution in [-0.2, 0) is 0 Å². The normalized spacial score (nSPS) is 10.7. The molecule has 0 saturated heterocycles. The highest BCUT2D eigenvalue weighted by Crippen LogP contribution is 2.30. The molecule has 0 fully saturated rings. The third-order valence-corrected chi connectivity index (χ3v) is 5.02. The van der Waals surface area contributed by atoms with Crippen molar-refractivity contribution in [1.29, 1.82) is 0 Å². The first-order valence-electron chi connectivity index (χ1n) is 8.49. The van der Waals surface area contributed by atoms with Crippen LogP contribution in [0.25, 0.3) is 11.0 Å². The molecular weight excluding hydrogens is 502 g/mol. The molecular formula is C20H13Br2N5O2. The molecule has 0 aliphatic heterocycles. The number of non-ortho nitro benzene ring substituents is 1. The quantitative estimate of drug-likeness (QED) is 0.231. The van der Waals surface area contributed by atoms with Gasteiger partial charge in [0.15, 0.2) is 11.6 Å². The van der Waals surface area contributed by atoms with Gasteiger partial charge in [-0.05, 0) is 42.5 Å². The summed E-state index contributed by atoms with van der Waals surface area (Å²) in [6, 6.07) is 19.7. The van der Waals surface area contributed by atoms with Gasteiger partial charge in [0.25, 0.3) is 5.69 Å². The second-order valence-corrected chi connectivity index (χ2v) is 7.95. The Balaban J connectivity index is 1.81. The van der Waals surface area contributed by atoms with Crippen molar-refractivity contribution in [3.8, 4) is 0 Å². The molecule has 0 atom stereocenters. The number of nitro groups is 1.